The number of hydrogen-bond acceptors (Lipinski definition) is 0. The van der Waals surface area contributed by atoms with Crippen molar-refractivity contribution in [2.75, 3.05) is 0 Å². The van der Waals surface area contributed by atoms with Crippen LogP contribution in [0.1, 0.15) is 11.1 Å². The topological polar surface area (TPSA) is 0 Å². The van der Waals surface area contributed by atoms with Crippen LogP contribution in [0.25, 0.3) is 0 Å². The van der Waals surface area contributed by atoms with Gasteiger partial charge in [-0.1, -0.05) is 0 Å². The predicted octanol–water partition coefficient (Wildman–Crippen LogP) is 5.59. The quantitative estimate of drug-likeness (QED) is 0.630. The third-order valence-corrected chi connectivity index (χ3v) is 83.5. The van der Waals surface area contributed by atoms with Crippen LogP contribution in [0.2, 0.25) is 33.8 Å². The molecule has 10 fully saturated rings. The van der Waals surface area contributed by atoms with Crippen molar-refractivity contribution < 1.29 is 8.89 Å². The zero-order valence-corrected chi connectivity index (χ0v) is 14.5. The van der Waals surface area contributed by atoms with E-state index in [1.807, 2.05) is 11.1 Å². The van der Waals surface area contributed by atoms with E-state index in [1.54, 1.807) is 0 Å². The van der Waals surface area contributed by atoms with Crippen molar-refractivity contribution in [2.24, 2.45) is 0 Å². The number of fused-ring (bicyclic) bond motifs is 10. The molecule has 0 radical (unpaired) electrons. The average Bonchev–Trinajstić information content (AvgIpc) is 3.56. The van der Waals surface area contributed by atoms with Gasteiger partial charge in [0.2, 0.25) is 0 Å². The van der Waals surface area contributed by atoms with Gasteiger partial charge in [-0.3, -0.25) is 0 Å². The van der Waals surface area contributed by atoms with Crippen molar-refractivity contribution in [1.29, 1.82) is 0 Å². The second kappa shape index (κ2) is 0.929. The molecule has 1 heteroatoms. The van der Waals surface area contributed by atoms with Crippen LogP contribution in [-0.4, -0.2) is 0 Å². The van der Waals surface area contributed by atoms with Crippen molar-refractivity contribution in [3.8, 4) is 0 Å². The van der Waals surface area contributed by atoms with E-state index in [1.165, 1.54) is 33.8 Å². The molecule has 0 aromatic heterocycles. The third-order valence-electron chi connectivity index (χ3n) is 22.9. The summed E-state index contributed by atoms with van der Waals surface area (Å²) in [5.41, 5.74) is 3.70. The van der Waals surface area contributed by atoms with Gasteiger partial charge in [0.15, 0.2) is 0 Å². The normalized spacial score (nSPS) is 94.1. The van der Waals surface area contributed by atoms with E-state index < -0.39 is 8.89 Å². The van der Waals surface area contributed by atoms with Gasteiger partial charge in [0.1, 0.15) is 0 Å². The molecule has 10 aliphatic heterocycles. The van der Waals surface area contributed by atoms with E-state index in [2.05, 4.69) is 60.7 Å². The van der Waals surface area contributed by atoms with Gasteiger partial charge in [-0.15, -0.1) is 0 Å². The second-order valence-corrected chi connectivity index (χ2v) is 48.4. The molecule has 10 aliphatic rings. The summed E-state index contributed by atoms with van der Waals surface area (Å²) in [6.45, 7) is 0. The van der Waals surface area contributed by atoms with E-state index in [0.717, 1.165) is 7.44 Å². The first-order valence-electron chi connectivity index (χ1n) is 10.3. The molecule has 0 bridgehead atoms. The Kier molecular flexibility index (Phi) is 0.364. The Morgan fingerprint density at radius 2 is 0.913 bits per heavy atom. The van der Waals surface area contributed by atoms with Crippen LogP contribution in [0.4, 0.5) is 0 Å². The van der Waals surface area contributed by atoms with Crippen LogP contribution >= 0.6 is 0 Å². The summed E-state index contributed by atoms with van der Waals surface area (Å²) < 4.78 is 12.6. The van der Waals surface area contributed by atoms with Crippen molar-refractivity contribution >= 4 is 0 Å². The third kappa shape index (κ3) is 0.120. The number of rotatable bonds is 2. The molecule has 0 saturated carbocycles. The molecule has 12 rings (SSSR count). The number of hydrogen-bond donors (Lipinski definition) is 0. The summed E-state index contributed by atoms with van der Waals surface area (Å²) in [5.74, 6) is 0. The van der Waals surface area contributed by atoms with E-state index >= 15 is 0 Å². The van der Waals surface area contributed by atoms with E-state index in [9.17, 15) is 0 Å². The summed E-state index contributed by atoms with van der Waals surface area (Å²) >= 11 is 0. The minimum atomic E-state index is -3.76. The second-order valence-electron chi connectivity index (χ2n) is 15.6. The summed E-state index contributed by atoms with van der Waals surface area (Å²) in [6, 6.07) is 24.2. The van der Waals surface area contributed by atoms with Gasteiger partial charge in [0, 0.05) is 0 Å². The molecule has 0 amide bonds. The first-order valence-corrected chi connectivity index (χ1v) is 19.1. The Bertz CT molecular complexity index is 1330. The summed E-state index contributed by atoms with van der Waals surface area (Å²) in [5, 5.41) is 0. The maximum atomic E-state index is 2.57. The molecular weight excluding hydrogens is 312 g/mol. The molecular formula is C22H18Ti. The monoisotopic (exact) mass is 330 g/mol. The molecule has 4 unspecified atom stereocenters. The van der Waals surface area contributed by atoms with Crippen LogP contribution in [-0.2, 0) is 16.3 Å². The van der Waals surface area contributed by atoms with Crippen molar-refractivity contribution in [3.05, 3.63) is 71.8 Å². The van der Waals surface area contributed by atoms with Gasteiger partial charge >= 0.3 is 122 Å². The summed E-state index contributed by atoms with van der Waals surface area (Å²) in [4.78, 5) is 0. The molecule has 10 heterocycles. The van der Waals surface area contributed by atoms with E-state index in [-0.39, 0.29) is 0 Å². The van der Waals surface area contributed by atoms with Crippen LogP contribution in [0.3, 0.4) is 0 Å². The molecule has 10 saturated heterocycles. The SMILES string of the molecule is c1ccc([C]23[CH]4[CH]5[CH]6[C]2(c2ccccc2)[Ti]54632789[CH]3[CH]2[CH]7[CH]8[CH]39)cc1. The van der Waals surface area contributed by atoms with Gasteiger partial charge < -0.3 is 0 Å². The fraction of sp³-hybridized carbons (Fsp3) is 0.455. The summed E-state index contributed by atoms with van der Waals surface area (Å²) in [6.07, 6.45) is 0. The van der Waals surface area contributed by atoms with Crippen LogP contribution in [0, 0.1) is 0 Å². The van der Waals surface area contributed by atoms with Gasteiger partial charge in [-0.05, 0) is 0 Å². The Balaban J connectivity index is 1.47. The predicted molar refractivity (Wildman–Crippen MR) is 86.2 cm³/mol. The van der Waals surface area contributed by atoms with Crippen LogP contribution in [0.15, 0.2) is 60.7 Å². The Morgan fingerprint density at radius 1 is 0.522 bits per heavy atom. The molecule has 0 N–H and O–H groups in total. The number of benzene rings is 2. The average molecular weight is 330 g/mol. The molecule has 110 valence electrons. The summed E-state index contributed by atoms with van der Waals surface area (Å²) in [7, 11) is -3.76. The molecule has 2 aromatic rings. The van der Waals surface area contributed by atoms with E-state index in [0.29, 0.717) is 0 Å². The first-order chi connectivity index (χ1) is 11.1. The maximum absolute atomic E-state index is 3.76. The Labute approximate surface area is 121 Å². The molecule has 4 atom stereocenters. The van der Waals surface area contributed by atoms with Gasteiger partial charge in [-0.2, -0.15) is 0 Å². The Morgan fingerprint density at radius 3 is 1.22 bits per heavy atom. The van der Waals surface area contributed by atoms with Crippen LogP contribution in [0.5, 0.6) is 0 Å². The first kappa shape index (κ1) is 9.02. The molecule has 0 nitrogen and oxygen atoms in total. The molecule has 0 aliphatic carbocycles. The van der Waals surface area contributed by atoms with Gasteiger partial charge in [0.25, 0.3) is 0 Å². The standard InChI is InChI=1S/C17H13.C5H5.Ti/c1-3-8-14(9-4-1)16-12-7-13-17(16)15-10-5-2-6-11-15;1-2-4-5-3-1;/h1-13H;1-5H;. The molecule has 2 aromatic carbocycles. The minimum absolute atomic E-state index is 0.811. The van der Waals surface area contributed by atoms with Gasteiger partial charge in [0.05, 0.1) is 0 Å². The molecule has 23 heavy (non-hydrogen) atoms. The fourth-order valence-electron chi connectivity index (χ4n) is 27.7. The van der Waals surface area contributed by atoms with Crippen molar-refractivity contribution in [1.82, 2.24) is 0 Å². The van der Waals surface area contributed by atoms with Crippen LogP contribution < -0.4 is 0 Å². The van der Waals surface area contributed by atoms with E-state index in [4.69, 9.17) is 0 Å². The van der Waals surface area contributed by atoms with Crippen molar-refractivity contribution in [2.45, 2.75) is 41.2 Å². The molecule has 1 spiro atoms. The fourth-order valence-corrected chi connectivity index (χ4v) is 152. The zero-order valence-electron chi connectivity index (χ0n) is 12.9. The Hall–Kier alpha value is -0.846. The van der Waals surface area contributed by atoms with Crippen molar-refractivity contribution in [3.63, 3.8) is 0 Å². The zero-order chi connectivity index (χ0) is 14.2. The van der Waals surface area contributed by atoms with Gasteiger partial charge in [-0.25, -0.2) is 0 Å².